The number of nitrogens with one attached hydrogen (secondary N) is 1. The second kappa shape index (κ2) is 5.54. The van der Waals surface area contributed by atoms with E-state index in [2.05, 4.69) is 24.3 Å². The van der Waals surface area contributed by atoms with E-state index in [-0.39, 0.29) is 0 Å². The van der Waals surface area contributed by atoms with Gasteiger partial charge in [-0.25, -0.2) is 0 Å². The Hall–Kier alpha value is -0.160. The van der Waals surface area contributed by atoms with Crippen molar-refractivity contribution in [1.82, 2.24) is 10.2 Å². The normalized spacial score (nSPS) is 28.6. The topological polar surface area (TPSA) is 33.7 Å². The molecule has 0 aromatic carbocycles. The molecular weight excluding hydrogens is 168 g/mol. The lowest BCUT2D eigenvalue weighted by atomic mass is 10.1. The molecule has 0 aromatic heterocycles. The lowest BCUT2D eigenvalue weighted by Crippen LogP contribution is -2.47. The summed E-state index contributed by atoms with van der Waals surface area (Å²) >= 11 is 0. The fraction of sp³-hybridized carbons (Fsp3) is 1.00. The molecule has 1 fully saturated rings. The van der Waals surface area contributed by atoms with Gasteiger partial charge in [0, 0.05) is 19.7 Å². The average Bonchev–Trinajstić information content (AvgIpc) is 2.53. The van der Waals surface area contributed by atoms with Crippen LogP contribution in [0.2, 0.25) is 0 Å². The van der Waals surface area contributed by atoms with Gasteiger partial charge in [0.1, 0.15) is 0 Å². The lowest BCUT2D eigenvalue weighted by molar-refractivity contribution is 0.169. The standard InChI is InChI=1S/C9H20N2O2/c1-11(2)9-7-13-6-8(9)10-4-5-12-3/h8-10H,4-7H2,1-3H3/t8-,9-/m0/s1. The molecule has 2 atom stereocenters. The second-order valence-corrected chi connectivity index (χ2v) is 3.62. The minimum absolute atomic E-state index is 0.449. The molecule has 1 N–H and O–H groups in total. The Kier molecular flexibility index (Phi) is 4.66. The molecule has 78 valence electrons. The highest BCUT2D eigenvalue weighted by atomic mass is 16.5. The van der Waals surface area contributed by atoms with Crippen LogP contribution in [0.4, 0.5) is 0 Å². The fourth-order valence-corrected chi connectivity index (χ4v) is 1.59. The lowest BCUT2D eigenvalue weighted by Gasteiger charge is -2.24. The molecule has 0 unspecified atom stereocenters. The average molecular weight is 188 g/mol. The van der Waals surface area contributed by atoms with E-state index in [1.807, 2.05) is 0 Å². The van der Waals surface area contributed by atoms with Crippen LogP contribution in [0.25, 0.3) is 0 Å². The van der Waals surface area contributed by atoms with Gasteiger partial charge in [-0.2, -0.15) is 0 Å². The van der Waals surface area contributed by atoms with E-state index in [1.165, 1.54) is 0 Å². The van der Waals surface area contributed by atoms with Gasteiger partial charge in [-0.1, -0.05) is 0 Å². The Morgan fingerprint density at radius 3 is 2.85 bits per heavy atom. The summed E-state index contributed by atoms with van der Waals surface area (Å²) in [5.41, 5.74) is 0. The summed E-state index contributed by atoms with van der Waals surface area (Å²) in [6, 6.07) is 0.946. The Bertz CT molecular complexity index is 142. The Labute approximate surface area is 80.2 Å². The molecular formula is C9H20N2O2. The second-order valence-electron chi connectivity index (χ2n) is 3.62. The van der Waals surface area contributed by atoms with Crippen molar-refractivity contribution >= 4 is 0 Å². The van der Waals surface area contributed by atoms with Gasteiger partial charge in [-0.3, -0.25) is 0 Å². The largest absolute Gasteiger partial charge is 0.383 e. The summed E-state index contributed by atoms with van der Waals surface area (Å²) < 4.78 is 10.4. The van der Waals surface area contributed by atoms with E-state index in [1.54, 1.807) is 7.11 Å². The van der Waals surface area contributed by atoms with Crippen LogP contribution in [0.3, 0.4) is 0 Å². The zero-order valence-corrected chi connectivity index (χ0v) is 8.75. The quantitative estimate of drug-likeness (QED) is 0.593. The van der Waals surface area contributed by atoms with E-state index < -0.39 is 0 Å². The van der Waals surface area contributed by atoms with Gasteiger partial charge in [-0.05, 0) is 14.1 Å². The molecule has 4 heteroatoms. The van der Waals surface area contributed by atoms with E-state index >= 15 is 0 Å². The van der Waals surface area contributed by atoms with Crippen molar-refractivity contribution in [3.05, 3.63) is 0 Å². The van der Waals surface area contributed by atoms with Crippen LogP contribution < -0.4 is 5.32 Å². The van der Waals surface area contributed by atoms with Crippen LogP contribution in [0, 0.1) is 0 Å². The molecule has 0 spiro atoms. The molecule has 1 aliphatic rings. The summed E-state index contributed by atoms with van der Waals surface area (Å²) in [6.45, 7) is 3.30. The third-order valence-corrected chi connectivity index (χ3v) is 2.43. The van der Waals surface area contributed by atoms with Crippen molar-refractivity contribution in [3.63, 3.8) is 0 Å². The SMILES string of the molecule is COCCN[C@H]1COC[C@@H]1N(C)C. The fourth-order valence-electron chi connectivity index (χ4n) is 1.59. The molecule has 0 bridgehead atoms. The van der Waals surface area contributed by atoms with Gasteiger partial charge >= 0.3 is 0 Å². The van der Waals surface area contributed by atoms with Crippen molar-refractivity contribution in [2.45, 2.75) is 12.1 Å². The third kappa shape index (κ3) is 3.23. The van der Waals surface area contributed by atoms with Crippen LogP contribution >= 0.6 is 0 Å². The van der Waals surface area contributed by atoms with Crippen LogP contribution in [0.5, 0.6) is 0 Å². The Morgan fingerprint density at radius 1 is 1.46 bits per heavy atom. The van der Waals surface area contributed by atoms with Crippen molar-refractivity contribution in [2.24, 2.45) is 0 Å². The highest BCUT2D eigenvalue weighted by molar-refractivity contribution is 4.86. The molecule has 1 heterocycles. The molecule has 0 radical (unpaired) electrons. The predicted octanol–water partition coefficient (Wildman–Crippen LogP) is -0.449. The zero-order valence-electron chi connectivity index (χ0n) is 8.75. The van der Waals surface area contributed by atoms with Gasteiger partial charge in [0.25, 0.3) is 0 Å². The molecule has 1 rings (SSSR count). The first-order valence-electron chi connectivity index (χ1n) is 4.72. The van der Waals surface area contributed by atoms with Gasteiger partial charge in [-0.15, -0.1) is 0 Å². The minimum atomic E-state index is 0.449. The highest BCUT2D eigenvalue weighted by Crippen LogP contribution is 2.09. The smallest absolute Gasteiger partial charge is 0.0638 e. The van der Waals surface area contributed by atoms with Crippen molar-refractivity contribution in [2.75, 3.05) is 47.6 Å². The molecule has 0 amide bonds. The number of nitrogens with zero attached hydrogens (tertiary/aromatic N) is 1. The Morgan fingerprint density at radius 2 is 2.23 bits per heavy atom. The van der Waals surface area contributed by atoms with Crippen LogP contribution in [0.1, 0.15) is 0 Å². The molecule has 0 aromatic rings. The Balaban J connectivity index is 2.23. The molecule has 1 saturated heterocycles. The number of hydrogen-bond donors (Lipinski definition) is 1. The van der Waals surface area contributed by atoms with E-state index in [0.29, 0.717) is 12.1 Å². The molecule has 0 saturated carbocycles. The number of rotatable bonds is 5. The maximum atomic E-state index is 5.42. The summed E-state index contributed by atoms with van der Waals surface area (Å²) in [5.74, 6) is 0. The van der Waals surface area contributed by atoms with Gasteiger partial charge in [0.15, 0.2) is 0 Å². The monoisotopic (exact) mass is 188 g/mol. The summed E-state index contributed by atoms with van der Waals surface area (Å²) in [5, 5.41) is 3.42. The van der Waals surface area contributed by atoms with Crippen molar-refractivity contribution < 1.29 is 9.47 Å². The minimum Gasteiger partial charge on any atom is -0.383 e. The van der Waals surface area contributed by atoms with Crippen LogP contribution in [0.15, 0.2) is 0 Å². The first-order chi connectivity index (χ1) is 6.25. The number of likely N-dealkylation sites (N-methyl/N-ethyl adjacent to an activating group) is 1. The molecule has 1 aliphatic heterocycles. The highest BCUT2D eigenvalue weighted by Gasteiger charge is 2.28. The van der Waals surface area contributed by atoms with Gasteiger partial charge in [0.2, 0.25) is 0 Å². The number of ether oxygens (including phenoxy) is 2. The summed E-state index contributed by atoms with van der Waals surface area (Å²) in [6.07, 6.45) is 0. The maximum absolute atomic E-state index is 5.42. The van der Waals surface area contributed by atoms with Gasteiger partial charge < -0.3 is 19.7 Å². The first-order valence-corrected chi connectivity index (χ1v) is 4.72. The number of methoxy groups -OCH3 is 1. The molecule has 13 heavy (non-hydrogen) atoms. The summed E-state index contributed by atoms with van der Waals surface area (Å²) in [4.78, 5) is 2.21. The van der Waals surface area contributed by atoms with E-state index in [4.69, 9.17) is 9.47 Å². The number of hydrogen-bond acceptors (Lipinski definition) is 4. The summed E-state index contributed by atoms with van der Waals surface area (Å²) in [7, 11) is 5.89. The zero-order chi connectivity index (χ0) is 9.68. The van der Waals surface area contributed by atoms with Crippen molar-refractivity contribution in [3.8, 4) is 0 Å². The predicted molar refractivity (Wildman–Crippen MR) is 52.0 cm³/mol. The van der Waals surface area contributed by atoms with E-state index in [9.17, 15) is 0 Å². The molecule has 4 nitrogen and oxygen atoms in total. The van der Waals surface area contributed by atoms with Crippen LogP contribution in [-0.2, 0) is 9.47 Å². The van der Waals surface area contributed by atoms with E-state index in [0.717, 1.165) is 26.4 Å². The maximum Gasteiger partial charge on any atom is 0.0638 e. The van der Waals surface area contributed by atoms with Gasteiger partial charge in [0.05, 0.1) is 25.9 Å². The van der Waals surface area contributed by atoms with Crippen molar-refractivity contribution in [1.29, 1.82) is 0 Å². The first kappa shape index (κ1) is 10.9. The van der Waals surface area contributed by atoms with Crippen LogP contribution in [-0.4, -0.2) is 64.6 Å². The third-order valence-electron chi connectivity index (χ3n) is 2.43. The molecule has 0 aliphatic carbocycles.